The molecule has 0 aliphatic heterocycles. The predicted octanol–water partition coefficient (Wildman–Crippen LogP) is 3.21. The van der Waals surface area contributed by atoms with Crippen molar-refractivity contribution in [1.29, 1.82) is 0 Å². The van der Waals surface area contributed by atoms with Gasteiger partial charge in [0, 0.05) is 11.9 Å². The molecule has 4 bridgehead atoms. The van der Waals surface area contributed by atoms with Crippen LogP contribution in [-0.2, 0) is 21.7 Å². The zero-order chi connectivity index (χ0) is 22.2. The third-order valence-corrected chi connectivity index (χ3v) is 7.98. The minimum Gasteiger partial charge on any atom is -0.497 e. The van der Waals surface area contributed by atoms with Gasteiger partial charge in [-0.05, 0) is 75.1 Å². The maximum Gasteiger partial charge on any atom is 0.311 e. The number of methoxy groups -OCH3 is 1. The zero-order valence-electron chi connectivity index (χ0n) is 17.7. The summed E-state index contributed by atoms with van der Waals surface area (Å²) in [6, 6.07) is 7.22. The van der Waals surface area contributed by atoms with E-state index in [0.29, 0.717) is 25.0 Å². The number of carbonyl (C=O) groups is 2. The van der Waals surface area contributed by atoms with Crippen LogP contribution in [0.4, 0.5) is 4.79 Å². The second-order valence-electron chi connectivity index (χ2n) is 9.04. The summed E-state index contributed by atoms with van der Waals surface area (Å²) in [7, 11) is 0.715. The van der Waals surface area contributed by atoms with E-state index in [4.69, 9.17) is 4.74 Å². The number of rotatable bonds is 6. The Hall–Kier alpha value is -1.91. The van der Waals surface area contributed by atoms with Crippen molar-refractivity contribution in [2.45, 2.75) is 56.0 Å². The molecule has 31 heavy (non-hydrogen) atoms. The van der Waals surface area contributed by atoms with Crippen LogP contribution in [0.25, 0.3) is 0 Å². The van der Waals surface area contributed by atoms with Gasteiger partial charge in [0.15, 0.2) is 0 Å². The number of nitrogens with one attached hydrogen (secondary N) is 1. The first kappa shape index (κ1) is 22.3. The van der Waals surface area contributed by atoms with Crippen molar-refractivity contribution in [1.82, 2.24) is 9.62 Å². The first-order valence-corrected chi connectivity index (χ1v) is 12.3. The van der Waals surface area contributed by atoms with Gasteiger partial charge < -0.3 is 4.74 Å². The lowest BCUT2D eigenvalue weighted by Crippen LogP contribution is -2.67. The lowest BCUT2D eigenvalue weighted by atomic mass is 9.49. The molecule has 4 aliphatic carbocycles. The Kier molecular flexibility index (Phi) is 6.15. The van der Waals surface area contributed by atoms with Crippen molar-refractivity contribution < 1.29 is 22.7 Å². The molecular formula is C21H27N3O5S2. The molecule has 0 spiro atoms. The first-order valence-electron chi connectivity index (χ1n) is 10.4. The Morgan fingerprint density at radius 2 is 1.84 bits per heavy atom. The molecule has 2 atom stereocenters. The summed E-state index contributed by atoms with van der Waals surface area (Å²) in [5.41, 5.74) is -0.583. The van der Waals surface area contributed by atoms with Crippen LogP contribution in [0.1, 0.15) is 44.1 Å². The normalized spacial score (nSPS) is 30.6. The topological polar surface area (TPSA) is 105 Å². The van der Waals surface area contributed by atoms with Crippen LogP contribution in [0.5, 0.6) is 5.75 Å². The van der Waals surface area contributed by atoms with E-state index in [1.165, 1.54) is 4.90 Å². The average Bonchev–Trinajstić information content (AvgIpc) is 2.66. The van der Waals surface area contributed by atoms with Crippen LogP contribution in [0.3, 0.4) is 0 Å². The Balaban J connectivity index is 1.67. The first-order chi connectivity index (χ1) is 14.8. The van der Waals surface area contributed by atoms with Crippen molar-refractivity contribution in [3.63, 3.8) is 0 Å². The minimum atomic E-state index is -2.51. The van der Waals surface area contributed by atoms with Crippen molar-refractivity contribution in [2.75, 3.05) is 14.2 Å². The Labute approximate surface area is 187 Å². The SMILES string of the molecule is CNSC(=O)N(C(=O)Cc1ccc(OC)cc1)C12CC3CC(CC(N=S(=O)=O)(C3)C1)C2. The maximum absolute atomic E-state index is 13.5. The summed E-state index contributed by atoms with van der Waals surface area (Å²) in [4.78, 5) is 28.1. The predicted molar refractivity (Wildman–Crippen MR) is 117 cm³/mol. The molecule has 1 aromatic carbocycles. The molecule has 1 aromatic rings. The molecule has 0 aromatic heterocycles. The molecule has 1 N–H and O–H groups in total. The van der Waals surface area contributed by atoms with Gasteiger partial charge in [-0.25, -0.2) is 0 Å². The molecule has 2 unspecified atom stereocenters. The van der Waals surface area contributed by atoms with Gasteiger partial charge in [-0.3, -0.25) is 19.2 Å². The third kappa shape index (κ3) is 4.38. The summed E-state index contributed by atoms with van der Waals surface area (Å²) < 4.78 is 35.0. The minimum absolute atomic E-state index is 0.0920. The van der Waals surface area contributed by atoms with Gasteiger partial charge in [0.1, 0.15) is 5.75 Å². The number of nitrogens with zero attached hydrogens (tertiary/aromatic N) is 2. The van der Waals surface area contributed by atoms with Crippen LogP contribution < -0.4 is 9.46 Å². The average molecular weight is 466 g/mol. The van der Waals surface area contributed by atoms with E-state index in [2.05, 4.69) is 9.08 Å². The fourth-order valence-electron chi connectivity index (χ4n) is 6.38. The fraction of sp³-hybridized carbons (Fsp3) is 0.619. The molecule has 0 radical (unpaired) electrons. The highest BCUT2D eigenvalue weighted by atomic mass is 32.2. The van der Waals surface area contributed by atoms with Gasteiger partial charge in [-0.15, -0.1) is 0 Å². The van der Waals surface area contributed by atoms with Gasteiger partial charge in [0.25, 0.3) is 0 Å². The van der Waals surface area contributed by atoms with Crippen LogP contribution in [-0.4, -0.2) is 49.7 Å². The summed E-state index contributed by atoms with van der Waals surface area (Å²) in [5.74, 6) is 0.984. The Bertz CT molecular complexity index is 986. The number of ether oxygens (including phenoxy) is 1. The lowest BCUT2D eigenvalue weighted by Gasteiger charge is -2.62. The second kappa shape index (κ2) is 8.55. The molecule has 168 valence electrons. The molecule has 4 aliphatic rings. The van der Waals surface area contributed by atoms with Crippen LogP contribution in [0.2, 0.25) is 0 Å². The molecular weight excluding hydrogens is 438 g/mol. The number of carbonyl (C=O) groups excluding carboxylic acids is 2. The number of benzene rings is 1. The molecule has 5 rings (SSSR count). The monoisotopic (exact) mass is 465 g/mol. The van der Waals surface area contributed by atoms with Crippen molar-refractivity contribution in [3.05, 3.63) is 29.8 Å². The van der Waals surface area contributed by atoms with Gasteiger partial charge in [-0.1, -0.05) is 12.1 Å². The second-order valence-corrected chi connectivity index (χ2v) is 10.6. The smallest absolute Gasteiger partial charge is 0.311 e. The van der Waals surface area contributed by atoms with Gasteiger partial charge in [-0.2, -0.15) is 12.8 Å². The molecule has 2 amide bonds. The zero-order valence-corrected chi connectivity index (χ0v) is 19.3. The number of imide groups is 1. The molecule has 4 saturated carbocycles. The van der Waals surface area contributed by atoms with Gasteiger partial charge >= 0.3 is 15.7 Å². The highest BCUT2D eigenvalue weighted by Gasteiger charge is 2.62. The number of amides is 2. The van der Waals surface area contributed by atoms with Crippen molar-refractivity contribution in [2.24, 2.45) is 16.2 Å². The lowest BCUT2D eigenvalue weighted by molar-refractivity contribution is -0.142. The van der Waals surface area contributed by atoms with E-state index >= 15 is 0 Å². The van der Waals surface area contributed by atoms with Crippen molar-refractivity contribution in [3.8, 4) is 5.75 Å². The molecule has 0 saturated heterocycles. The summed E-state index contributed by atoms with van der Waals surface area (Å²) in [5, 5.41) is -0.346. The standard InChI is InChI=1S/C21H27N3O5S2/c1-22-30-19(26)24(18(25)8-14-3-5-17(29-2)6-4-14)21-11-15-7-16(12-21)10-20(9-15,13-21)23-31(27)28/h3-6,15-16,22H,7-13H2,1-2H3. The summed E-state index contributed by atoms with van der Waals surface area (Å²) in [6.45, 7) is 0. The summed E-state index contributed by atoms with van der Waals surface area (Å²) >= 11 is 0.890. The van der Waals surface area contributed by atoms with Crippen molar-refractivity contribution >= 4 is 33.6 Å². The largest absolute Gasteiger partial charge is 0.497 e. The van der Waals surface area contributed by atoms with Crippen LogP contribution in [0.15, 0.2) is 28.6 Å². The van der Waals surface area contributed by atoms with E-state index in [0.717, 1.165) is 36.8 Å². The number of hydrogen-bond acceptors (Lipinski definition) is 8. The fourth-order valence-corrected chi connectivity index (χ4v) is 7.47. The molecule has 0 heterocycles. The van der Waals surface area contributed by atoms with Gasteiger partial charge in [0.2, 0.25) is 5.91 Å². The molecule has 4 fully saturated rings. The Morgan fingerprint density at radius 1 is 1.19 bits per heavy atom. The maximum atomic E-state index is 13.5. The van der Waals surface area contributed by atoms with E-state index in [9.17, 15) is 18.0 Å². The van der Waals surface area contributed by atoms with Crippen LogP contribution >= 0.6 is 11.9 Å². The molecule has 10 heteroatoms. The van der Waals surface area contributed by atoms with E-state index in [1.54, 1.807) is 26.3 Å². The third-order valence-electron chi connectivity index (χ3n) is 6.88. The van der Waals surface area contributed by atoms with E-state index < -0.39 is 21.6 Å². The van der Waals surface area contributed by atoms with Crippen LogP contribution in [0, 0.1) is 11.8 Å². The highest BCUT2D eigenvalue weighted by Crippen LogP contribution is 2.61. The van der Waals surface area contributed by atoms with E-state index in [1.807, 2.05) is 12.1 Å². The van der Waals surface area contributed by atoms with Gasteiger partial charge in [0.05, 0.1) is 24.6 Å². The molecule has 8 nitrogen and oxygen atoms in total. The Morgan fingerprint density at radius 3 is 2.39 bits per heavy atom. The van der Waals surface area contributed by atoms with E-state index in [-0.39, 0.29) is 29.4 Å². The number of hydrogen-bond donors (Lipinski definition) is 1. The quantitative estimate of drug-likeness (QED) is 0.643. The highest BCUT2D eigenvalue weighted by molar-refractivity contribution is 8.11. The summed E-state index contributed by atoms with van der Waals surface area (Å²) in [6.07, 6.45) is 4.39.